The van der Waals surface area contributed by atoms with Crippen LogP contribution in [0.4, 0.5) is 10.1 Å². The van der Waals surface area contributed by atoms with Crippen LogP contribution in [0.1, 0.15) is 12.5 Å². The van der Waals surface area contributed by atoms with E-state index in [1.165, 1.54) is 17.8 Å². The van der Waals surface area contributed by atoms with Gasteiger partial charge in [-0.3, -0.25) is 9.78 Å². The van der Waals surface area contributed by atoms with Crippen LogP contribution in [0.25, 0.3) is 16.9 Å². The summed E-state index contributed by atoms with van der Waals surface area (Å²) in [6, 6.07) is 9.16. The molecule has 0 bridgehead atoms. The van der Waals surface area contributed by atoms with Gasteiger partial charge in [-0.1, -0.05) is 12.1 Å². The van der Waals surface area contributed by atoms with Crippen LogP contribution in [-0.2, 0) is 11.3 Å². The second-order valence-corrected chi connectivity index (χ2v) is 6.53. The smallest absolute Gasteiger partial charge is 0.327 e. The predicted molar refractivity (Wildman–Crippen MR) is 108 cm³/mol. The minimum absolute atomic E-state index is 0.00576. The molecule has 3 aromatic rings. The molecule has 0 aliphatic rings. The molecule has 0 unspecified atom stereocenters. The number of halogens is 1. The summed E-state index contributed by atoms with van der Waals surface area (Å²) in [6.07, 6.45) is 3.36. The molecule has 0 atom stereocenters. The third-order valence-electron chi connectivity index (χ3n) is 4.35. The molecule has 9 heteroatoms. The molecule has 150 valence electrons. The number of amides is 1. The molecule has 3 rings (SSSR count). The molecule has 0 aliphatic carbocycles. The van der Waals surface area contributed by atoms with Crippen molar-refractivity contribution < 1.29 is 9.18 Å². The minimum atomic E-state index is -0.407. The summed E-state index contributed by atoms with van der Waals surface area (Å²) in [5.74, 6) is -0.136. The second kappa shape index (κ2) is 8.61. The first kappa shape index (κ1) is 20.2. The molecule has 0 aliphatic heterocycles. The first-order chi connectivity index (χ1) is 13.9. The third-order valence-corrected chi connectivity index (χ3v) is 4.35. The number of pyridine rings is 1. The molecule has 0 saturated carbocycles. The highest BCUT2D eigenvalue weighted by atomic mass is 19.1. The van der Waals surface area contributed by atoms with E-state index in [2.05, 4.69) is 15.4 Å². The van der Waals surface area contributed by atoms with Crippen LogP contribution in [0.2, 0.25) is 0 Å². The standard InChI is InChI=1S/C20H21FN6O2/c1-13-7-18(16-3-5-17(6-4-16)25-14(2)28)23-10-19(13)26-12-24-27(20(26)29)11-15(8-21)9-22/h3-8,10,12H,9,11,22H2,1-2H3,(H,25,28)/b15-8+. The Morgan fingerprint density at radius 2 is 2.03 bits per heavy atom. The maximum Gasteiger partial charge on any atom is 0.350 e. The van der Waals surface area contributed by atoms with Crippen molar-refractivity contribution >= 4 is 11.6 Å². The zero-order valence-corrected chi connectivity index (χ0v) is 16.1. The highest BCUT2D eigenvalue weighted by molar-refractivity contribution is 5.88. The molecule has 1 amide bonds. The number of aromatic nitrogens is 4. The van der Waals surface area contributed by atoms with Gasteiger partial charge in [0.1, 0.15) is 6.33 Å². The molecule has 8 nitrogen and oxygen atoms in total. The molecule has 0 spiro atoms. The number of carbonyl (C=O) groups is 1. The highest BCUT2D eigenvalue weighted by Gasteiger charge is 2.12. The number of nitrogens with two attached hydrogens (primary N) is 1. The summed E-state index contributed by atoms with van der Waals surface area (Å²) in [6.45, 7) is 3.31. The van der Waals surface area contributed by atoms with Crippen LogP contribution < -0.4 is 16.7 Å². The quantitative estimate of drug-likeness (QED) is 0.664. The van der Waals surface area contributed by atoms with Gasteiger partial charge in [0.05, 0.1) is 30.5 Å². The largest absolute Gasteiger partial charge is 0.350 e. The zero-order chi connectivity index (χ0) is 21.0. The number of anilines is 1. The fraction of sp³-hybridized carbons (Fsp3) is 0.200. The Morgan fingerprint density at radius 1 is 1.31 bits per heavy atom. The van der Waals surface area contributed by atoms with E-state index in [0.717, 1.165) is 21.5 Å². The Morgan fingerprint density at radius 3 is 2.62 bits per heavy atom. The van der Waals surface area contributed by atoms with Crippen molar-refractivity contribution in [3.63, 3.8) is 0 Å². The van der Waals surface area contributed by atoms with E-state index in [1.807, 2.05) is 25.1 Å². The number of carbonyl (C=O) groups excluding carboxylic acids is 1. The summed E-state index contributed by atoms with van der Waals surface area (Å²) in [5.41, 5.74) is 9.01. The number of nitrogens with one attached hydrogen (secondary N) is 1. The minimum Gasteiger partial charge on any atom is -0.327 e. The number of aryl methyl sites for hydroxylation is 1. The monoisotopic (exact) mass is 396 g/mol. The fourth-order valence-electron chi connectivity index (χ4n) is 2.83. The van der Waals surface area contributed by atoms with Gasteiger partial charge in [-0.25, -0.2) is 18.4 Å². The lowest BCUT2D eigenvalue weighted by Gasteiger charge is -2.09. The van der Waals surface area contributed by atoms with Gasteiger partial charge in [-0.2, -0.15) is 5.10 Å². The molecule has 0 radical (unpaired) electrons. The van der Waals surface area contributed by atoms with Gasteiger partial charge in [0.2, 0.25) is 5.91 Å². The summed E-state index contributed by atoms with van der Waals surface area (Å²) >= 11 is 0. The second-order valence-electron chi connectivity index (χ2n) is 6.53. The van der Waals surface area contributed by atoms with E-state index in [4.69, 9.17) is 5.73 Å². The Kier molecular flexibility index (Phi) is 5.99. The van der Waals surface area contributed by atoms with Crippen LogP contribution >= 0.6 is 0 Å². The molecule has 1 aromatic carbocycles. The van der Waals surface area contributed by atoms with Crippen molar-refractivity contribution in [2.75, 3.05) is 11.9 Å². The summed E-state index contributed by atoms with van der Waals surface area (Å²) in [5, 5.41) is 6.74. The first-order valence-electron chi connectivity index (χ1n) is 8.90. The maximum absolute atomic E-state index is 12.7. The van der Waals surface area contributed by atoms with E-state index in [-0.39, 0.29) is 24.6 Å². The molecule has 0 saturated heterocycles. The van der Waals surface area contributed by atoms with E-state index < -0.39 is 5.69 Å². The molecular formula is C20H21FN6O2. The number of rotatable bonds is 6. The fourth-order valence-corrected chi connectivity index (χ4v) is 2.83. The topological polar surface area (TPSA) is 108 Å². The predicted octanol–water partition coefficient (Wildman–Crippen LogP) is 2.17. The molecule has 2 heterocycles. The van der Waals surface area contributed by atoms with Gasteiger partial charge in [-0.15, -0.1) is 0 Å². The number of hydrogen-bond acceptors (Lipinski definition) is 5. The van der Waals surface area contributed by atoms with Crippen LogP contribution in [0.5, 0.6) is 0 Å². The van der Waals surface area contributed by atoms with Crippen LogP contribution in [0.3, 0.4) is 0 Å². The zero-order valence-electron chi connectivity index (χ0n) is 16.1. The maximum atomic E-state index is 12.7. The van der Waals surface area contributed by atoms with Gasteiger partial charge in [-0.05, 0) is 36.3 Å². The molecular weight excluding hydrogens is 375 g/mol. The van der Waals surface area contributed by atoms with E-state index in [9.17, 15) is 14.0 Å². The van der Waals surface area contributed by atoms with Crippen molar-refractivity contribution in [2.45, 2.75) is 20.4 Å². The normalized spacial score (nSPS) is 11.5. The number of benzene rings is 1. The molecule has 0 fully saturated rings. The Bertz CT molecular complexity index is 1110. The Hall–Kier alpha value is -3.59. The van der Waals surface area contributed by atoms with E-state index in [1.54, 1.807) is 18.3 Å². The highest BCUT2D eigenvalue weighted by Crippen LogP contribution is 2.22. The Labute approximate surface area is 166 Å². The average molecular weight is 396 g/mol. The SMILES string of the molecule is CC(=O)Nc1ccc(-c2cc(C)c(-n3cnn(C/C(=C/F)CN)c3=O)cn2)cc1. The van der Waals surface area contributed by atoms with E-state index in [0.29, 0.717) is 17.7 Å². The summed E-state index contributed by atoms with van der Waals surface area (Å²) < 4.78 is 15.2. The lowest BCUT2D eigenvalue weighted by Crippen LogP contribution is -2.26. The van der Waals surface area contributed by atoms with E-state index >= 15 is 0 Å². The third kappa shape index (κ3) is 4.46. The van der Waals surface area contributed by atoms with Gasteiger partial charge >= 0.3 is 5.69 Å². The first-order valence-corrected chi connectivity index (χ1v) is 8.90. The Balaban J connectivity index is 1.88. The van der Waals surface area contributed by atoms with Gasteiger partial charge in [0.25, 0.3) is 0 Å². The van der Waals surface area contributed by atoms with Crippen molar-refractivity contribution in [3.05, 3.63) is 70.8 Å². The summed E-state index contributed by atoms with van der Waals surface area (Å²) in [4.78, 5) is 28.1. The number of nitrogens with zero attached hydrogens (tertiary/aromatic N) is 4. The van der Waals surface area contributed by atoms with Gasteiger partial charge in [0, 0.05) is 24.7 Å². The van der Waals surface area contributed by atoms with Crippen molar-refractivity contribution in [2.24, 2.45) is 5.73 Å². The van der Waals surface area contributed by atoms with Crippen LogP contribution in [0, 0.1) is 6.92 Å². The van der Waals surface area contributed by atoms with Gasteiger partial charge < -0.3 is 11.1 Å². The van der Waals surface area contributed by atoms with Gasteiger partial charge in [0.15, 0.2) is 0 Å². The molecule has 3 N–H and O–H groups in total. The van der Waals surface area contributed by atoms with Crippen molar-refractivity contribution in [1.82, 2.24) is 19.3 Å². The lowest BCUT2D eigenvalue weighted by molar-refractivity contribution is -0.114. The van der Waals surface area contributed by atoms with Crippen LogP contribution in [0.15, 0.2) is 59.6 Å². The molecule has 29 heavy (non-hydrogen) atoms. The van der Waals surface area contributed by atoms with Crippen LogP contribution in [-0.4, -0.2) is 31.8 Å². The molecule has 2 aromatic heterocycles. The average Bonchev–Trinajstić information content (AvgIpc) is 3.06. The number of hydrogen-bond donors (Lipinski definition) is 2. The summed E-state index contributed by atoms with van der Waals surface area (Å²) in [7, 11) is 0. The lowest BCUT2D eigenvalue weighted by atomic mass is 10.1. The van der Waals surface area contributed by atoms with Crippen molar-refractivity contribution in [1.29, 1.82) is 0 Å². The van der Waals surface area contributed by atoms with Crippen molar-refractivity contribution in [3.8, 4) is 16.9 Å².